The highest BCUT2D eigenvalue weighted by molar-refractivity contribution is 5.81. The van der Waals surface area contributed by atoms with E-state index in [1.165, 1.54) is 6.33 Å². The molecule has 30 heavy (non-hydrogen) atoms. The van der Waals surface area contributed by atoms with Gasteiger partial charge in [-0.15, -0.1) is 5.10 Å². The van der Waals surface area contributed by atoms with Crippen molar-refractivity contribution in [3.8, 4) is 11.5 Å². The molecule has 0 bridgehead atoms. The molecule has 4 rings (SSSR count). The van der Waals surface area contributed by atoms with E-state index >= 15 is 0 Å². The fourth-order valence-electron chi connectivity index (χ4n) is 4.08. The highest BCUT2D eigenvalue weighted by atomic mass is 16.5. The Balaban J connectivity index is 1.64. The summed E-state index contributed by atoms with van der Waals surface area (Å²) in [5, 5.41) is 11.5. The Morgan fingerprint density at radius 2 is 2.00 bits per heavy atom. The molecule has 2 atom stereocenters. The molecule has 1 amide bonds. The Hall–Kier alpha value is -3.42. The zero-order valence-electron chi connectivity index (χ0n) is 17.1. The molecule has 1 aliphatic heterocycles. The van der Waals surface area contributed by atoms with Crippen molar-refractivity contribution in [2.45, 2.75) is 31.3 Å². The first kappa shape index (κ1) is 19.9. The van der Waals surface area contributed by atoms with Crippen LogP contribution in [0.15, 0.2) is 54.9 Å². The summed E-state index contributed by atoms with van der Waals surface area (Å²) in [5.41, 5.74) is 2.04. The summed E-state index contributed by atoms with van der Waals surface area (Å²) in [4.78, 5) is 15.6. The Morgan fingerprint density at radius 3 is 2.70 bits per heavy atom. The molecule has 0 unspecified atom stereocenters. The van der Waals surface area contributed by atoms with E-state index in [1.807, 2.05) is 53.4 Å². The summed E-state index contributed by atoms with van der Waals surface area (Å²) in [7, 11) is 3.26. The van der Waals surface area contributed by atoms with E-state index in [9.17, 15) is 4.79 Å². The molecule has 0 aliphatic carbocycles. The van der Waals surface area contributed by atoms with Gasteiger partial charge in [0.05, 0.1) is 20.3 Å². The molecule has 0 saturated carbocycles. The van der Waals surface area contributed by atoms with Gasteiger partial charge in [0.2, 0.25) is 5.91 Å². The number of nitrogens with zero attached hydrogens (tertiary/aromatic N) is 5. The van der Waals surface area contributed by atoms with Gasteiger partial charge in [0.15, 0.2) is 0 Å². The molecule has 0 radical (unpaired) electrons. The first-order chi connectivity index (χ1) is 14.7. The zero-order chi connectivity index (χ0) is 20.9. The number of rotatable bonds is 7. The fraction of sp³-hybridized carbons (Fsp3) is 0.364. The second-order valence-electron chi connectivity index (χ2n) is 7.29. The number of likely N-dealkylation sites (tertiary alicyclic amines) is 1. The van der Waals surface area contributed by atoms with E-state index in [2.05, 4.69) is 15.5 Å². The lowest BCUT2D eigenvalue weighted by atomic mass is 10.0. The first-order valence-electron chi connectivity index (χ1n) is 10.00. The van der Waals surface area contributed by atoms with Crippen molar-refractivity contribution >= 4 is 5.91 Å². The van der Waals surface area contributed by atoms with Crippen LogP contribution in [-0.2, 0) is 11.2 Å². The second-order valence-corrected chi connectivity index (χ2v) is 7.29. The van der Waals surface area contributed by atoms with Crippen LogP contribution in [0.25, 0.3) is 0 Å². The van der Waals surface area contributed by atoms with Gasteiger partial charge in [0, 0.05) is 24.6 Å². The van der Waals surface area contributed by atoms with Gasteiger partial charge in [-0.3, -0.25) is 4.79 Å². The van der Waals surface area contributed by atoms with Crippen LogP contribution in [0.5, 0.6) is 11.5 Å². The number of hydrogen-bond donors (Lipinski definition) is 0. The minimum atomic E-state index is -0.507. The lowest BCUT2D eigenvalue weighted by Crippen LogP contribution is -2.38. The number of tetrazole rings is 1. The van der Waals surface area contributed by atoms with Crippen LogP contribution >= 0.6 is 0 Å². The van der Waals surface area contributed by atoms with Gasteiger partial charge in [0.25, 0.3) is 0 Å². The van der Waals surface area contributed by atoms with Crippen LogP contribution in [0.1, 0.15) is 36.1 Å². The maximum absolute atomic E-state index is 13.7. The van der Waals surface area contributed by atoms with Crippen LogP contribution in [-0.4, -0.2) is 51.8 Å². The molecular formula is C22H25N5O3. The predicted octanol–water partition coefficient (Wildman–Crippen LogP) is 2.84. The number of carbonyl (C=O) groups excluding carboxylic acids is 1. The molecule has 1 aliphatic rings. The zero-order valence-corrected chi connectivity index (χ0v) is 17.1. The van der Waals surface area contributed by atoms with Crippen molar-refractivity contribution in [1.82, 2.24) is 25.1 Å². The van der Waals surface area contributed by atoms with Crippen LogP contribution in [0.3, 0.4) is 0 Å². The second kappa shape index (κ2) is 8.94. The standard InChI is InChI=1S/C22H25N5O3/c1-29-17-10-11-18(21(14-17)30-2)19-9-6-12-26(19)22(28)20(27-15-23-24-25-27)13-16-7-4-3-5-8-16/h3-5,7-8,10-11,14-15,19-20H,6,9,12-13H2,1-2H3/t19-,20-/m0/s1. The molecule has 1 saturated heterocycles. The Morgan fingerprint density at radius 1 is 1.17 bits per heavy atom. The average molecular weight is 407 g/mol. The summed E-state index contributed by atoms with van der Waals surface area (Å²) in [5.74, 6) is 1.45. The molecule has 156 valence electrons. The normalized spacial score (nSPS) is 17.0. The third kappa shape index (κ3) is 3.98. The molecule has 0 spiro atoms. The Labute approximate surface area is 175 Å². The highest BCUT2D eigenvalue weighted by Crippen LogP contribution is 2.39. The van der Waals surface area contributed by atoms with Crippen LogP contribution < -0.4 is 9.47 Å². The number of amides is 1. The molecule has 2 heterocycles. The first-order valence-corrected chi connectivity index (χ1v) is 10.00. The smallest absolute Gasteiger partial charge is 0.248 e. The van der Waals surface area contributed by atoms with Crippen LogP contribution in [0, 0.1) is 0 Å². The molecule has 8 nitrogen and oxygen atoms in total. The molecule has 0 N–H and O–H groups in total. The number of ether oxygens (including phenoxy) is 2. The maximum Gasteiger partial charge on any atom is 0.248 e. The number of carbonyl (C=O) groups is 1. The summed E-state index contributed by atoms with van der Waals surface area (Å²) in [6.07, 6.45) is 3.83. The van der Waals surface area contributed by atoms with Gasteiger partial charge in [-0.2, -0.15) is 0 Å². The van der Waals surface area contributed by atoms with Crippen molar-refractivity contribution in [2.24, 2.45) is 0 Å². The third-order valence-electron chi connectivity index (χ3n) is 5.58. The van der Waals surface area contributed by atoms with E-state index < -0.39 is 6.04 Å². The van der Waals surface area contributed by atoms with E-state index in [4.69, 9.17) is 9.47 Å². The van der Waals surface area contributed by atoms with Crippen molar-refractivity contribution in [2.75, 3.05) is 20.8 Å². The van der Waals surface area contributed by atoms with E-state index in [0.29, 0.717) is 13.0 Å². The molecule has 1 aromatic heterocycles. The van der Waals surface area contributed by atoms with Crippen molar-refractivity contribution < 1.29 is 14.3 Å². The van der Waals surface area contributed by atoms with Crippen LogP contribution in [0.2, 0.25) is 0 Å². The average Bonchev–Trinajstić information content (AvgIpc) is 3.49. The van der Waals surface area contributed by atoms with Crippen molar-refractivity contribution in [3.63, 3.8) is 0 Å². The number of benzene rings is 2. The highest BCUT2D eigenvalue weighted by Gasteiger charge is 2.36. The summed E-state index contributed by atoms with van der Waals surface area (Å²) < 4.78 is 12.5. The van der Waals surface area contributed by atoms with Crippen molar-refractivity contribution in [1.29, 1.82) is 0 Å². The molecule has 1 fully saturated rings. The van der Waals surface area contributed by atoms with Gasteiger partial charge in [-0.05, 0) is 41.0 Å². The minimum Gasteiger partial charge on any atom is -0.497 e. The summed E-state index contributed by atoms with van der Waals surface area (Å²) in [6.45, 7) is 0.687. The largest absolute Gasteiger partial charge is 0.497 e. The predicted molar refractivity (Wildman–Crippen MR) is 110 cm³/mol. The number of hydrogen-bond acceptors (Lipinski definition) is 6. The molecule has 3 aromatic rings. The number of aromatic nitrogens is 4. The molecular weight excluding hydrogens is 382 g/mol. The van der Waals surface area contributed by atoms with Crippen molar-refractivity contribution in [3.05, 3.63) is 66.0 Å². The summed E-state index contributed by atoms with van der Waals surface area (Å²) >= 11 is 0. The fourth-order valence-corrected chi connectivity index (χ4v) is 4.08. The van der Waals surface area contributed by atoms with E-state index in [-0.39, 0.29) is 11.9 Å². The maximum atomic E-state index is 13.7. The Kier molecular flexibility index (Phi) is 5.92. The van der Waals surface area contributed by atoms with Gasteiger partial charge in [0.1, 0.15) is 23.9 Å². The summed E-state index contributed by atoms with van der Waals surface area (Å²) in [6, 6.07) is 15.1. The quantitative estimate of drug-likeness (QED) is 0.599. The monoisotopic (exact) mass is 407 g/mol. The van der Waals surface area contributed by atoms with Gasteiger partial charge < -0.3 is 14.4 Å². The molecule has 8 heteroatoms. The third-order valence-corrected chi connectivity index (χ3v) is 5.58. The lowest BCUT2D eigenvalue weighted by Gasteiger charge is -2.30. The van der Waals surface area contributed by atoms with E-state index in [1.54, 1.807) is 18.9 Å². The SMILES string of the molecule is COc1ccc([C@@H]2CCCN2C(=O)[C@H](Cc2ccccc2)n2cnnn2)c(OC)c1. The van der Waals surface area contributed by atoms with Gasteiger partial charge in [-0.25, -0.2) is 4.68 Å². The Bertz CT molecular complexity index is 978. The number of methoxy groups -OCH3 is 2. The van der Waals surface area contributed by atoms with Gasteiger partial charge >= 0.3 is 0 Å². The van der Waals surface area contributed by atoms with E-state index in [0.717, 1.165) is 35.5 Å². The minimum absolute atomic E-state index is 0.00604. The van der Waals surface area contributed by atoms with Gasteiger partial charge in [-0.1, -0.05) is 30.3 Å². The lowest BCUT2D eigenvalue weighted by molar-refractivity contribution is -0.136. The van der Waals surface area contributed by atoms with Crippen LogP contribution in [0.4, 0.5) is 0 Å². The molecule has 2 aromatic carbocycles. The topological polar surface area (TPSA) is 82.4 Å².